The van der Waals surface area contributed by atoms with Crippen LogP contribution in [0.15, 0.2) is 30.7 Å². The van der Waals surface area contributed by atoms with E-state index in [0.29, 0.717) is 5.65 Å². The summed E-state index contributed by atoms with van der Waals surface area (Å²) in [7, 11) is 0. The molecular weight excluding hydrogens is 130 g/mol. The highest BCUT2D eigenvalue weighted by Crippen LogP contribution is 1.91. The van der Waals surface area contributed by atoms with Gasteiger partial charge in [-0.2, -0.15) is 0 Å². The molecule has 0 bridgehead atoms. The van der Waals surface area contributed by atoms with Crippen LogP contribution in [0.3, 0.4) is 0 Å². The molecule has 0 aromatic carbocycles. The van der Waals surface area contributed by atoms with Crippen molar-refractivity contribution >= 4 is 5.65 Å². The second-order valence-corrected chi connectivity index (χ2v) is 1.96. The predicted octanol–water partition coefficient (Wildman–Crippen LogP) is -0.0323. The summed E-state index contributed by atoms with van der Waals surface area (Å²) in [6.07, 6.45) is 2.96. The van der Waals surface area contributed by atoms with Gasteiger partial charge in [0.25, 0.3) is 12.0 Å². The van der Waals surface area contributed by atoms with Crippen LogP contribution in [0, 0.1) is 5.21 Å². The van der Waals surface area contributed by atoms with Crippen LogP contribution in [-0.2, 0) is 0 Å². The van der Waals surface area contributed by atoms with E-state index in [0.717, 1.165) is 4.73 Å². The number of nitrogens with zero attached hydrogens (tertiary/aromatic N) is 3. The second kappa shape index (κ2) is 1.70. The molecule has 0 saturated carbocycles. The van der Waals surface area contributed by atoms with Crippen LogP contribution < -0.4 is 4.73 Å². The second-order valence-electron chi connectivity index (χ2n) is 1.96. The third-order valence-corrected chi connectivity index (χ3v) is 1.33. The summed E-state index contributed by atoms with van der Waals surface area (Å²) in [4.78, 5) is 0. The van der Waals surface area contributed by atoms with Crippen molar-refractivity contribution in [1.82, 2.24) is 9.61 Å². The highest BCUT2D eigenvalue weighted by Gasteiger charge is 2.00. The topological polar surface area (TPSA) is 44.2 Å². The molecule has 0 spiro atoms. The first-order chi connectivity index (χ1) is 4.88. The highest BCUT2D eigenvalue weighted by atomic mass is 16.5. The average molecular weight is 135 g/mol. The van der Waals surface area contributed by atoms with E-state index in [4.69, 9.17) is 0 Å². The molecule has 0 saturated heterocycles. The van der Waals surface area contributed by atoms with Gasteiger partial charge in [-0.1, -0.05) is 10.6 Å². The maximum Gasteiger partial charge on any atom is 0.266 e. The van der Waals surface area contributed by atoms with Gasteiger partial charge in [0, 0.05) is 11.2 Å². The Morgan fingerprint density at radius 1 is 1.50 bits per heavy atom. The number of hydrogen-bond acceptors (Lipinski definition) is 2. The summed E-state index contributed by atoms with van der Waals surface area (Å²) < 4.78 is 2.24. The lowest BCUT2D eigenvalue weighted by atomic mass is 10.5. The molecule has 2 rings (SSSR count). The summed E-state index contributed by atoms with van der Waals surface area (Å²) in [5.74, 6) is 0. The van der Waals surface area contributed by atoms with E-state index in [-0.39, 0.29) is 0 Å². The van der Waals surface area contributed by atoms with E-state index < -0.39 is 0 Å². The monoisotopic (exact) mass is 135 g/mol. The van der Waals surface area contributed by atoms with E-state index in [1.807, 2.05) is 6.07 Å². The average Bonchev–Trinajstić information content (AvgIpc) is 2.34. The molecule has 0 aliphatic rings. The van der Waals surface area contributed by atoms with Crippen LogP contribution in [0.4, 0.5) is 0 Å². The van der Waals surface area contributed by atoms with E-state index in [2.05, 4.69) is 5.10 Å². The van der Waals surface area contributed by atoms with E-state index >= 15 is 0 Å². The summed E-state index contributed by atoms with van der Waals surface area (Å²) in [5, 5.41) is 14.6. The number of fused-ring (bicyclic) bond motifs is 1. The molecule has 2 aromatic heterocycles. The molecule has 0 aliphatic heterocycles. The number of hydrogen-bond donors (Lipinski definition) is 0. The van der Waals surface area contributed by atoms with Crippen molar-refractivity contribution < 1.29 is 4.73 Å². The minimum atomic E-state index is 0.544. The number of pyridine rings is 1. The molecule has 4 heteroatoms. The standard InChI is InChI=1S/C6H5N3O/c10-9-5-7-8-4-2-1-3-6(8)9/h1-5H. The van der Waals surface area contributed by atoms with Gasteiger partial charge in [-0.25, -0.2) is 4.73 Å². The van der Waals surface area contributed by atoms with Gasteiger partial charge in [-0.3, -0.25) is 0 Å². The molecule has 0 atom stereocenters. The van der Waals surface area contributed by atoms with E-state index in [1.165, 1.54) is 10.8 Å². The smallest absolute Gasteiger partial charge is 0.266 e. The van der Waals surface area contributed by atoms with Gasteiger partial charge in [0.1, 0.15) is 6.20 Å². The molecule has 0 fully saturated rings. The lowest BCUT2D eigenvalue weighted by Gasteiger charge is -1.93. The van der Waals surface area contributed by atoms with Crippen LogP contribution in [0.1, 0.15) is 0 Å². The quantitative estimate of drug-likeness (QED) is 0.376. The van der Waals surface area contributed by atoms with Crippen molar-refractivity contribution in [3.8, 4) is 0 Å². The maximum absolute atomic E-state index is 10.8. The van der Waals surface area contributed by atoms with Crippen molar-refractivity contribution in [1.29, 1.82) is 0 Å². The van der Waals surface area contributed by atoms with E-state index in [1.54, 1.807) is 18.3 Å². The molecule has 0 radical (unpaired) electrons. The molecular formula is C6H5N3O. The van der Waals surface area contributed by atoms with Crippen molar-refractivity contribution in [2.24, 2.45) is 0 Å². The van der Waals surface area contributed by atoms with E-state index in [9.17, 15) is 5.21 Å². The summed E-state index contributed by atoms with van der Waals surface area (Å²) >= 11 is 0. The fraction of sp³-hybridized carbons (Fsp3) is 0. The zero-order valence-electron chi connectivity index (χ0n) is 5.14. The zero-order chi connectivity index (χ0) is 6.97. The molecule has 0 unspecified atom stereocenters. The van der Waals surface area contributed by atoms with Crippen molar-refractivity contribution in [2.45, 2.75) is 0 Å². The Hall–Kier alpha value is -1.58. The van der Waals surface area contributed by atoms with Crippen LogP contribution >= 0.6 is 0 Å². The summed E-state index contributed by atoms with van der Waals surface area (Å²) in [6.45, 7) is 0. The lowest BCUT2D eigenvalue weighted by Crippen LogP contribution is -2.23. The first-order valence-electron chi connectivity index (χ1n) is 2.89. The van der Waals surface area contributed by atoms with Crippen molar-refractivity contribution in [3.63, 3.8) is 0 Å². The molecule has 2 aromatic rings. The molecule has 0 amide bonds. The minimum Gasteiger partial charge on any atom is -0.740 e. The first kappa shape index (κ1) is 5.22. The first-order valence-corrected chi connectivity index (χ1v) is 2.89. The molecule has 0 N–H and O–H groups in total. The highest BCUT2D eigenvalue weighted by molar-refractivity contribution is 5.28. The number of aromatic nitrogens is 3. The fourth-order valence-corrected chi connectivity index (χ4v) is 0.859. The molecule has 50 valence electrons. The normalized spacial score (nSPS) is 10.4. The Kier molecular flexibility index (Phi) is 0.887. The van der Waals surface area contributed by atoms with Gasteiger partial charge in [0.05, 0.1) is 0 Å². The third-order valence-electron chi connectivity index (χ3n) is 1.33. The maximum atomic E-state index is 10.8. The van der Waals surface area contributed by atoms with Crippen LogP contribution in [0.25, 0.3) is 5.65 Å². The van der Waals surface area contributed by atoms with Crippen LogP contribution in [0.5, 0.6) is 0 Å². The van der Waals surface area contributed by atoms with Gasteiger partial charge in [-0.15, -0.1) is 0 Å². The Balaban J connectivity index is 2.93. The summed E-state index contributed by atoms with van der Waals surface area (Å²) in [5.41, 5.74) is 0.544. The van der Waals surface area contributed by atoms with Gasteiger partial charge >= 0.3 is 0 Å². The van der Waals surface area contributed by atoms with Crippen molar-refractivity contribution in [3.05, 3.63) is 35.9 Å². The van der Waals surface area contributed by atoms with Gasteiger partial charge in [0.15, 0.2) is 0 Å². The SMILES string of the molecule is [O-][n+]1cnn2ccccc21. The fourth-order valence-electron chi connectivity index (χ4n) is 0.859. The predicted molar refractivity (Wildman–Crippen MR) is 34.2 cm³/mol. The Bertz CT molecular complexity index is 355. The molecule has 0 aliphatic carbocycles. The molecule has 2 heterocycles. The van der Waals surface area contributed by atoms with Gasteiger partial charge in [0.2, 0.25) is 0 Å². The van der Waals surface area contributed by atoms with Crippen LogP contribution in [0.2, 0.25) is 0 Å². The third kappa shape index (κ3) is 0.556. The minimum absolute atomic E-state index is 0.544. The Labute approximate surface area is 56.9 Å². The lowest BCUT2D eigenvalue weighted by molar-refractivity contribution is -0.578. The van der Waals surface area contributed by atoms with Crippen LogP contribution in [-0.4, -0.2) is 9.61 Å². The zero-order valence-corrected chi connectivity index (χ0v) is 5.14. The largest absolute Gasteiger partial charge is 0.740 e. The molecule has 10 heavy (non-hydrogen) atoms. The Morgan fingerprint density at radius 2 is 2.40 bits per heavy atom. The number of rotatable bonds is 0. The van der Waals surface area contributed by atoms with Gasteiger partial charge < -0.3 is 5.21 Å². The van der Waals surface area contributed by atoms with Gasteiger partial charge in [-0.05, 0) is 6.07 Å². The Morgan fingerprint density at radius 3 is 3.20 bits per heavy atom. The van der Waals surface area contributed by atoms with Crippen molar-refractivity contribution in [2.75, 3.05) is 0 Å². The summed E-state index contributed by atoms with van der Waals surface area (Å²) in [6, 6.07) is 5.32. The molecule has 4 nitrogen and oxygen atoms in total.